The van der Waals surface area contributed by atoms with Crippen LogP contribution in [-0.2, 0) is 4.79 Å². The van der Waals surface area contributed by atoms with Gasteiger partial charge in [-0.2, -0.15) is 5.26 Å². The van der Waals surface area contributed by atoms with Crippen LogP contribution in [0.1, 0.15) is 107 Å². The Morgan fingerprint density at radius 1 is 1.15 bits per heavy atom. The van der Waals surface area contributed by atoms with Gasteiger partial charge in [0.2, 0.25) is 5.82 Å². The average molecular weight is 447 g/mol. The number of likely N-dealkylation sites (tertiary alicyclic amines) is 1. The first-order chi connectivity index (χ1) is 16.0. The third-order valence-corrected chi connectivity index (χ3v) is 9.26. The smallest absolute Gasteiger partial charge is 0.232 e. The van der Waals surface area contributed by atoms with Crippen molar-refractivity contribution in [3.05, 3.63) is 28.9 Å². The van der Waals surface area contributed by atoms with E-state index in [9.17, 15) is 10.1 Å². The third-order valence-electron chi connectivity index (χ3n) is 9.26. The highest BCUT2D eigenvalue weighted by atomic mass is 16.1. The lowest BCUT2D eigenvalue weighted by atomic mass is 9.76. The molecule has 2 atom stereocenters. The molecule has 1 saturated heterocycles. The monoisotopic (exact) mass is 446 g/mol. The Morgan fingerprint density at radius 2 is 1.94 bits per heavy atom. The van der Waals surface area contributed by atoms with Crippen molar-refractivity contribution in [1.82, 2.24) is 14.9 Å². The number of nitriles is 1. The lowest BCUT2D eigenvalue weighted by Gasteiger charge is -2.40. The van der Waals surface area contributed by atoms with E-state index >= 15 is 0 Å². The van der Waals surface area contributed by atoms with Crippen LogP contribution in [0.2, 0.25) is 0 Å². The predicted molar refractivity (Wildman–Crippen MR) is 129 cm³/mol. The van der Waals surface area contributed by atoms with Crippen LogP contribution in [0.5, 0.6) is 0 Å². The van der Waals surface area contributed by atoms with Crippen molar-refractivity contribution in [2.24, 2.45) is 17.3 Å². The van der Waals surface area contributed by atoms with Crippen molar-refractivity contribution in [3.8, 4) is 6.07 Å². The molecule has 0 radical (unpaired) electrons. The first-order valence-corrected chi connectivity index (χ1v) is 13.3. The highest BCUT2D eigenvalue weighted by Crippen LogP contribution is 2.49. The molecule has 33 heavy (non-hydrogen) atoms. The van der Waals surface area contributed by atoms with Crippen LogP contribution in [0.15, 0.2) is 11.8 Å². The van der Waals surface area contributed by atoms with E-state index in [2.05, 4.69) is 27.0 Å². The minimum absolute atomic E-state index is 0.298. The van der Waals surface area contributed by atoms with Gasteiger partial charge in [0.15, 0.2) is 0 Å². The molecule has 5 nitrogen and oxygen atoms in total. The maximum Gasteiger partial charge on any atom is 0.232 e. The summed E-state index contributed by atoms with van der Waals surface area (Å²) in [5.74, 6) is 2.18. The number of carbonyl (C=O) groups is 1. The Kier molecular flexibility index (Phi) is 6.65. The van der Waals surface area contributed by atoms with E-state index in [0.29, 0.717) is 28.9 Å². The molecule has 4 aliphatic rings. The SMILES string of the molecule is CC(=O)C1CCC2(CCN(CC3=Cc4cnc(C#N)nc4C3CCC3CCCCC3)CC2)C1. The lowest BCUT2D eigenvalue weighted by Crippen LogP contribution is -2.40. The Bertz CT molecular complexity index is 947. The fourth-order valence-corrected chi connectivity index (χ4v) is 7.13. The van der Waals surface area contributed by atoms with Crippen LogP contribution in [0.25, 0.3) is 6.08 Å². The topological polar surface area (TPSA) is 69.9 Å². The number of carbonyl (C=O) groups excluding carboxylic acids is 1. The number of aromatic nitrogens is 2. The average Bonchev–Trinajstić information content (AvgIpc) is 3.41. The maximum absolute atomic E-state index is 11.9. The molecular weight excluding hydrogens is 408 g/mol. The molecule has 1 aromatic rings. The summed E-state index contributed by atoms with van der Waals surface area (Å²) in [4.78, 5) is 23.4. The first-order valence-electron chi connectivity index (χ1n) is 13.3. The summed E-state index contributed by atoms with van der Waals surface area (Å²) in [7, 11) is 0. The van der Waals surface area contributed by atoms with Crippen LogP contribution in [0.3, 0.4) is 0 Å². The van der Waals surface area contributed by atoms with Gasteiger partial charge in [-0.25, -0.2) is 9.97 Å². The first kappa shape index (κ1) is 22.7. The molecule has 0 aromatic carbocycles. The molecule has 0 bridgehead atoms. The quantitative estimate of drug-likeness (QED) is 0.564. The molecule has 0 amide bonds. The minimum Gasteiger partial charge on any atom is -0.300 e. The molecule has 176 valence electrons. The zero-order chi connectivity index (χ0) is 22.8. The van der Waals surface area contributed by atoms with Crippen LogP contribution >= 0.6 is 0 Å². The van der Waals surface area contributed by atoms with Gasteiger partial charge < -0.3 is 0 Å². The summed E-state index contributed by atoms with van der Waals surface area (Å²) in [6.45, 7) is 5.03. The van der Waals surface area contributed by atoms with Gasteiger partial charge in [0.05, 0.1) is 5.69 Å². The Morgan fingerprint density at radius 3 is 2.64 bits per heavy atom. The Hall–Kier alpha value is -2.06. The van der Waals surface area contributed by atoms with Crippen molar-refractivity contribution in [2.75, 3.05) is 19.6 Å². The van der Waals surface area contributed by atoms with Crippen LogP contribution in [0.4, 0.5) is 0 Å². The number of piperidine rings is 1. The molecule has 1 spiro atoms. The molecule has 3 fully saturated rings. The van der Waals surface area contributed by atoms with Crippen molar-refractivity contribution in [1.29, 1.82) is 5.26 Å². The van der Waals surface area contributed by atoms with E-state index in [-0.39, 0.29) is 0 Å². The van der Waals surface area contributed by atoms with Gasteiger partial charge >= 0.3 is 0 Å². The van der Waals surface area contributed by atoms with Crippen LogP contribution in [0, 0.1) is 28.6 Å². The predicted octanol–water partition coefficient (Wildman–Crippen LogP) is 5.66. The number of nitrogens with zero attached hydrogens (tertiary/aromatic N) is 4. The van der Waals surface area contributed by atoms with Crippen molar-refractivity contribution in [3.63, 3.8) is 0 Å². The number of hydrogen-bond donors (Lipinski definition) is 0. The molecule has 3 aliphatic carbocycles. The minimum atomic E-state index is 0.298. The zero-order valence-corrected chi connectivity index (χ0v) is 20.2. The van der Waals surface area contributed by atoms with E-state index < -0.39 is 0 Å². The number of hydrogen-bond acceptors (Lipinski definition) is 5. The fraction of sp³-hybridized carbons (Fsp3) is 0.714. The highest BCUT2D eigenvalue weighted by molar-refractivity contribution is 5.78. The summed E-state index contributed by atoms with van der Waals surface area (Å²) in [5.41, 5.74) is 4.08. The van der Waals surface area contributed by atoms with Gasteiger partial charge in [-0.3, -0.25) is 9.69 Å². The second-order valence-electron chi connectivity index (χ2n) is 11.3. The van der Waals surface area contributed by atoms with Crippen molar-refractivity contribution < 1.29 is 4.79 Å². The molecule has 5 heteroatoms. The van der Waals surface area contributed by atoms with Gasteiger partial charge in [-0.15, -0.1) is 0 Å². The summed E-state index contributed by atoms with van der Waals surface area (Å²) >= 11 is 0. The maximum atomic E-state index is 11.9. The molecular formula is C28H38N4O. The van der Waals surface area contributed by atoms with Gasteiger partial charge in [0.25, 0.3) is 0 Å². The number of fused-ring (bicyclic) bond motifs is 1. The second kappa shape index (κ2) is 9.66. The number of rotatable bonds is 6. The number of ketones is 1. The fourth-order valence-electron chi connectivity index (χ4n) is 7.13. The van der Waals surface area contributed by atoms with Crippen molar-refractivity contribution >= 4 is 11.9 Å². The molecule has 2 heterocycles. The van der Waals surface area contributed by atoms with Crippen LogP contribution in [-0.4, -0.2) is 40.3 Å². The highest BCUT2D eigenvalue weighted by Gasteiger charge is 2.43. The van der Waals surface area contributed by atoms with E-state index in [1.54, 1.807) is 6.92 Å². The van der Waals surface area contributed by atoms with Gasteiger partial charge in [-0.05, 0) is 81.9 Å². The van der Waals surface area contributed by atoms with Gasteiger partial charge in [0, 0.05) is 30.1 Å². The molecule has 1 aromatic heterocycles. The van der Waals surface area contributed by atoms with E-state index in [4.69, 9.17) is 0 Å². The molecule has 5 rings (SSSR count). The number of Topliss-reactive ketones (excluding diaryl/α,β-unsaturated/α-hetero) is 1. The summed E-state index contributed by atoms with van der Waals surface area (Å²) in [5, 5.41) is 9.35. The van der Waals surface area contributed by atoms with Crippen molar-refractivity contribution in [2.45, 2.75) is 89.9 Å². The van der Waals surface area contributed by atoms with E-state index in [1.807, 2.05) is 6.20 Å². The largest absolute Gasteiger partial charge is 0.300 e. The standard InChI is InChI=1S/C28H38N4O/c1-20(33)22-9-10-28(16-22)11-13-32(14-12-28)19-24-15-23-18-30-26(17-29)31-27(23)25(24)8-7-21-5-3-2-4-6-21/h15,18,21-22,25H,2-14,16,19H2,1H3. The zero-order valence-electron chi connectivity index (χ0n) is 20.2. The van der Waals surface area contributed by atoms with Gasteiger partial charge in [0.1, 0.15) is 11.9 Å². The Balaban J connectivity index is 1.24. The molecule has 2 saturated carbocycles. The molecule has 1 aliphatic heterocycles. The van der Waals surface area contributed by atoms with E-state index in [0.717, 1.165) is 56.1 Å². The lowest BCUT2D eigenvalue weighted by molar-refractivity contribution is -0.120. The summed E-state index contributed by atoms with van der Waals surface area (Å²) in [6.07, 6.45) is 19.4. The summed E-state index contributed by atoms with van der Waals surface area (Å²) in [6, 6.07) is 2.14. The molecule has 2 unspecified atom stereocenters. The Labute approximate surface area is 198 Å². The van der Waals surface area contributed by atoms with Crippen LogP contribution < -0.4 is 0 Å². The van der Waals surface area contributed by atoms with E-state index in [1.165, 1.54) is 63.4 Å². The second-order valence-corrected chi connectivity index (χ2v) is 11.3. The molecule has 0 N–H and O–H groups in total. The van der Waals surface area contributed by atoms with Gasteiger partial charge in [-0.1, -0.05) is 38.2 Å². The third kappa shape index (κ3) is 4.92. The normalized spacial score (nSPS) is 27.3. The summed E-state index contributed by atoms with van der Waals surface area (Å²) < 4.78 is 0.